The van der Waals surface area contributed by atoms with Crippen LogP contribution in [0.25, 0.3) is 0 Å². The Kier molecular flexibility index (Phi) is 5.11. The standard InChI is InChI=1S/C11H16F2N2O2/c1-17-5-3-15(2-4-16)11-9(12)6-8(14)7-10(11)13/h6-7,16H,2-5,14H2,1H3. The highest BCUT2D eigenvalue weighted by Gasteiger charge is 2.17. The van der Waals surface area contributed by atoms with Crippen molar-refractivity contribution in [2.75, 3.05) is 44.0 Å². The number of anilines is 2. The largest absolute Gasteiger partial charge is 0.399 e. The Bertz CT molecular complexity index is 351. The molecule has 0 atom stereocenters. The molecule has 17 heavy (non-hydrogen) atoms. The maximum atomic E-state index is 13.6. The summed E-state index contributed by atoms with van der Waals surface area (Å²) in [5, 5.41) is 8.88. The summed E-state index contributed by atoms with van der Waals surface area (Å²) < 4.78 is 32.1. The molecule has 1 rings (SSSR count). The van der Waals surface area contributed by atoms with Crippen molar-refractivity contribution in [2.45, 2.75) is 0 Å². The number of rotatable bonds is 6. The van der Waals surface area contributed by atoms with Crippen LogP contribution in [0, 0.1) is 11.6 Å². The van der Waals surface area contributed by atoms with E-state index in [2.05, 4.69) is 0 Å². The molecule has 0 aliphatic carbocycles. The van der Waals surface area contributed by atoms with Gasteiger partial charge in [-0.2, -0.15) is 0 Å². The van der Waals surface area contributed by atoms with Gasteiger partial charge in [0.15, 0.2) is 11.6 Å². The van der Waals surface area contributed by atoms with Crippen LogP contribution in [-0.4, -0.2) is 38.5 Å². The van der Waals surface area contributed by atoms with Gasteiger partial charge >= 0.3 is 0 Å². The summed E-state index contributed by atoms with van der Waals surface area (Å²) in [6.45, 7) is 0.520. The number of hydrogen-bond donors (Lipinski definition) is 2. The van der Waals surface area contributed by atoms with E-state index in [1.165, 1.54) is 12.0 Å². The third-order valence-electron chi connectivity index (χ3n) is 2.29. The fourth-order valence-corrected chi connectivity index (χ4v) is 1.54. The third kappa shape index (κ3) is 3.54. The highest BCUT2D eigenvalue weighted by atomic mass is 19.1. The molecule has 0 spiro atoms. The van der Waals surface area contributed by atoms with E-state index in [0.717, 1.165) is 12.1 Å². The van der Waals surface area contributed by atoms with Gasteiger partial charge in [0.05, 0.1) is 13.2 Å². The molecule has 0 aromatic heterocycles. The van der Waals surface area contributed by atoms with Crippen molar-refractivity contribution in [1.82, 2.24) is 0 Å². The first-order chi connectivity index (χ1) is 8.10. The molecule has 6 heteroatoms. The molecular weight excluding hydrogens is 230 g/mol. The summed E-state index contributed by atoms with van der Waals surface area (Å²) in [5.41, 5.74) is 5.17. The number of aliphatic hydroxyl groups excluding tert-OH is 1. The second-order valence-electron chi connectivity index (χ2n) is 3.54. The van der Waals surface area contributed by atoms with Crippen LogP contribution in [0.3, 0.4) is 0 Å². The fourth-order valence-electron chi connectivity index (χ4n) is 1.54. The molecule has 0 saturated heterocycles. The zero-order valence-corrected chi connectivity index (χ0v) is 9.62. The number of benzene rings is 1. The van der Waals surface area contributed by atoms with Crippen LogP contribution >= 0.6 is 0 Å². The van der Waals surface area contributed by atoms with Gasteiger partial charge in [-0.15, -0.1) is 0 Å². The second kappa shape index (κ2) is 6.36. The highest BCUT2D eigenvalue weighted by Crippen LogP contribution is 2.25. The molecule has 4 nitrogen and oxygen atoms in total. The van der Waals surface area contributed by atoms with Gasteiger partial charge in [0.2, 0.25) is 0 Å². The number of nitrogen functional groups attached to an aromatic ring is 1. The van der Waals surface area contributed by atoms with Crippen molar-refractivity contribution >= 4 is 11.4 Å². The fraction of sp³-hybridized carbons (Fsp3) is 0.455. The second-order valence-corrected chi connectivity index (χ2v) is 3.54. The quantitative estimate of drug-likeness (QED) is 0.735. The minimum absolute atomic E-state index is 0.0273. The summed E-state index contributed by atoms with van der Waals surface area (Å²) in [7, 11) is 1.49. The minimum Gasteiger partial charge on any atom is -0.399 e. The van der Waals surface area contributed by atoms with Gasteiger partial charge in [0.25, 0.3) is 0 Å². The Hall–Kier alpha value is -1.40. The van der Waals surface area contributed by atoms with E-state index >= 15 is 0 Å². The summed E-state index contributed by atoms with van der Waals surface area (Å²) in [5.74, 6) is -1.49. The lowest BCUT2D eigenvalue weighted by molar-refractivity contribution is 0.202. The number of nitrogens with two attached hydrogens (primary N) is 1. The van der Waals surface area contributed by atoms with Crippen molar-refractivity contribution in [3.63, 3.8) is 0 Å². The van der Waals surface area contributed by atoms with Gasteiger partial charge in [0, 0.05) is 25.9 Å². The maximum Gasteiger partial charge on any atom is 0.151 e. The minimum atomic E-state index is -0.743. The van der Waals surface area contributed by atoms with E-state index in [0.29, 0.717) is 6.61 Å². The summed E-state index contributed by atoms with van der Waals surface area (Å²) in [6.07, 6.45) is 0. The maximum absolute atomic E-state index is 13.6. The first kappa shape index (κ1) is 13.7. The van der Waals surface area contributed by atoms with Gasteiger partial charge in [-0.3, -0.25) is 0 Å². The Balaban J connectivity index is 3.00. The van der Waals surface area contributed by atoms with Crippen molar-refractivity contribution in [3.05, 3.63) is 23.8 Å². The van der Waals surface area contributed by atoms with Crippen LogP contribution in [0.4, 0.5) is 20.2 Å². The Morgan fingerprint density at radius 2 is 1.88 bits per heavy atom. The van der Waals surface area contributed by atoms with Crippen molar-refractivity contribution < 1.29 is 18.6 Å². The van der Waals surface area contributed by atoms with Gasteiger partial charge < -0.3 is 20.5 Å². The number of ether oxygens (including phenoxy) is 1. The van der Waals surface area contributed by atoms with Gasteiger partial charge in [-0.1, -0.05) is 0 Å². The predicted octanol–water partition coefficient (Wildman–Crippen LogP) is 0.992. The molecule has 0 aliphatic rings. The Morgan fingerprint density at radius 1 is 1.29 bits per heavy atom. The molecule has 0 radical (unpaired) electrons. The van der Waals surface area contributed by atoms with E-state index in [9.17, 15) is 8.78 Å². The van der Waals surface area contributed by atoms with Crippen LogP contribution in [0.5, 0.6) is 0 Å². The molecule has 0 aliphatic heterocycles. The zero-order chi connectivity index (χ0) is 12.8. The van der Waals surface area contributed by atoms with Crippen LogP contribution in [0.2, 0.25) is 0 Å². The first-order valence-electron chi connectivity index (χ1n) is 5.19. The molecule has 0 heterocycles. The Morgan fingerprint density at radius 3 is 2.35 bits per heavy atom. The monoisotopic (exact) mass is 246 g/mol. The number of aliphatic hydroxyl groups is 1. The van der Waals surface area contributed by atoms with Crippen LogP contribution < -0.4 is 10.6 Å². The molecule has 0 saturated carbocycles. The summed E-state index contributed by atoms with van der Waals surface area (Å²) >= 11 is 0. The first-order valence-corrected chi connectivity index (χ1v) is 5.19. The van der Waals surface area contributed by atoms with Crippen LogP contribution in [0.15, 0.2) is 12.1 Å². The molecule has 0 bridgehead atoms. The van der Waals surface area contributed by atoms with E-state index in [1.807, 2.05) is 0 Å². The topological polar surface area (TPSA) is 58.7 Å². The average molecular weight is 246 g/mol. The third-order valence-corrected chi connectivity index (χ3v) is 2.29. The van der Waals surface area contributed by atoms with E-state index in [-0.39, 0.29) is 31.1 Å². The molecule has 0 fully saturated rings. The van der Waals surface area contributed by atoms with Gasteiger partial charge in [-0.05, 0) is 12.1 Å². The van der Waals surface area contributed by atoms with Crippen molar-refractivity contribution in [1.29, 1.82) is 0 Å². The number of halogens is 2. The van der Waals surface area contributed by atoms with Crippen molar-refractivity contribution in [2.24, 2.45) is 0 Å². The molecule has 3 N–H and O–H groups in total. The molecule has 96 valence electrons. The Labute approximate surface area is 98.6 Å². The van der Waals surface area contributed by atoms with Gasteiger partial charge in [-0.25, -0.2) is 8.78 Å². The van der Waals surface area contributed by atoms with E-state index < -0.39 is 11.6 Å². The number of nitrogens with zero attached hydrogens (tertiary/aromatic N) is 1. The normalized spacial score (nSPS) is 10.6. The molecule has 1 aromatic carbocycles. The lowest BCUT2D eigenvalue weighted by atomic mass is 10.2. The highest BCUT2D eigenvalue weighted by molar-refractivity contribution is 5.55. The molecule has 0 amide bonds. The number of methoxy groups -OCH3 is 1. The smallest absolute Gasteiger partial charge is 0.151 e. The SMILES string of the molecule is COCCN(CCO)c1c(F)cc(N)cc1F. The zero-order valence-electron chi connectivity index (χ0n) is 9.62. The molecular formula is C11H16F2N2O2. The summed E-state index contributed by atoms with van der Waals surface area (Å²) in [4.78, 5) is 1.38. The molecule has 1 aromatic rings. The van der Waals surface area contributed by atoms with Crippen LogP contribution in [-0.2, 0) is 4.74 Å². The van der Waals surface area contributed by atoms with E-state index in [4.69, 9.17) is 15.6 Å². The predicted molar refractivity (Wildman–Crippen MR) is 61.9 cm³/mol. The van der Waals surface area contributed by atoms with Crippen LogP contribution in [0.1, 0.15) is 0 Å². The average Bonchev–Trinajstić information content (AvgIpc) is 2.24. The van der Waals surface area contributed by atoms with E-state index in [1.54, 1.807) is 0 Å². The van der Waals surface area contributed by atoms with Crippen molar-refractivity contribution in [3.8, 4) is 0 Å². The summed E-state index contributed by atoms with van der Waals surface area (Å²) in [6, 6.07) is 2.10. The molecule has 0 unspecified atom stereocenters. The number of hydrogen-bond acceptors (Lipinski definition) is 4. The van der Waals surface area contributed by atoms with Gasteiger partial charge in [0.1, 0.15) is 5.69 Å². The lowest BCUT2D eigenvalue weighted by Crippen LogP contribution is -2.31. The lowest BCUT2D eigenvalue weighted by Gasteiger charge is -2.24.